The van der Waals surface area contributed by atoms with E-state index in [4.69, 9.17) is 19.4 Å². The van der Waals surface area contributed by atoms with E-state index in [-0.39, 0.29) is 0 Å². The lowest BCUT2D eigenvalue weighted by molar-refractivity contribution is 0.599. The second-order valence-corrected chi connectivity index (χ2v) is 14.3. The molecule has 0 unspecified atom stereocenters. The number of fused-ring (bicyclic) bond motifs is 7. The molecule has 0 amide bonds. The number of aromatic nitrogens is 3. The van der Waals surface area contributed by atoms with Crippen LogP contribution in [0.15, 0.2) is 157 Å². The molecule has 2 heterocycles. The van der Waals surface area contributed by atoms with Crippen molar-refractivity contribution in [3.63, 3.8) is 0 Å². The number of allylic oxidation sites excluding steroid dienone is 3. The molecule has 0 aliphatic heterocycles. The summed E-state index contributed by atoms with van der Waals surface area (Å²) >= 11 is 0. The Kier molecular flexibility index (Phi) is 8.03. The fourth-order valence-electron chi connectivity index (χ4n) is 8.41. The van der Waals surface area contributed by atoms with Crippen LogP contribution >= 0.6 is 0 Å². The zero-order chi connectivity index (χ0) is 36.9. The van der Waals surface area contributed by atoms with E-state index in [1.165, 1.54) is 38.6 Å². The maximum Gasteiger partial charge on any atom is 0.164 e. The van der Waals surface area contributed by atoms with Gasteiger partial charge in [-0.3, -0.25) is 0 Å². The molecule has 4 nitrogen and oxygen atoms in total. The van der Waals surface area contributed by atoms with Crippen LogP contribution in [0.2, 0.25) is 0 Å². The molecular weight excluding hydrogens is 671 g/mol. The van der Waals surface area contributed by atoms with E-state index in [9.17, 15) is 0 Å². The summed E-state index contributed by atoms with van der Waals surface area (Å²) < 4.78 is 6.73. The van der Waals surface area contributed by atoms with Crippen LogP contribution in [0.3, 0.4) is 0 Å². The van der Waals surface area contributed by atoms with E-state index in [0.29, 0.717) is 17.5 Å². The highest BCUT2D eigenvalue weighted by molar-refractivity contribution is 6.05. The van der Waals surface area contributed by atoms with Crippen molar-refractivity contribution in [1.82, 2.24) is 15.0 Å². The molecule has 2 aliphatic rings. The van der Waals surface area contributed by atoms with Gasteiger partial charge in [0.1, 0.15) is 11.3 Å². The number of hydrogen-bond donors (Lipinski definition) is 0. The molecule has 0 saturated carbocycles. The normalized spacial score (nSPS) is 13.3. The van der Waals surface area contributed by atoms with E-state index >= 15 is 0 Å². The molecule has 0 spiro atoms. The van der Waals surface area contributed by atoms with E-state index in [2.05, 4.69) is 110 Å². The third kappa shape index (κ3) is 5.66. The Morgan fingerprint density at radius 2 is 1.18 bits per heavy atom. The van der Waals surface area contributed by atoms with Crippen molar-refractivity contribution >= 4 is 45.5 Å². The van der Waals surface area contributed by atoms with Crippen LogP contribution in [0.5, 0.6) is 0 Å². The van der Waals surface area contributed by atoms with Gasteiger partial charge in [-0.05, 0) is 81.5 Å². The average molecular weight is 708 g/mol. The molecule has 0 N–H and O–H groups in total. The number of nitrogens with zero attached hydrogens (tertiary/aromatic N) is 3. The Balaban J connectivity index is 1.09. The third-order valence-electron chi connectivity index (χ3n) is 11.1. The molecule has 55 heavy (non-hydrogen) atoms. The Hall–Kier alpha value is -6.91. The average Bonchev–Trinajstić information content (AvgIpc) is 3.66. The summed E-state index contributed by atoms with van der Waals surface area (Å²) in [6.07, 6.45) is 12.9. The van der Waals surface area contributed by atoms with Crippen molar-refractivity contribution in [2.75, 3.05) is 0 Å². The monoisotopic (exact) mass is 707 g/mol. The summed E-state index contributed by atoms with van der Waals surface area (Å²) in [6.45, 7) is 8.95. The van der Waals surface area contributed by atoms with Crippen molar-refractivity contribution in [1.29, 1.82) is 0 Å². The zero-order valence-electron chi connectivity index (χ0n) is 30.4. The maximum atomic E-state index is 6.73. The van der Waals surface area contributed by atoms with Crippen molar-refractivity contribution in [3.05, 3.63) is 186 Å². The second-order valence-electron chi connectivity index (χ2n) is 14.3. The van der Waals surface area contributed by atoms with Gasteiger partial charge in [-0.15, -0.1) is 0 Å². The fraction of sp³-hybridized carbons (Fsp3) is 0.0784. The molecule has 6 aromatic carbocycles. The number of furan rings is 1. The van der Waals surface area contributed by atoms with Crippen LogP contribution in [-0.4, -0.2) is 15.0 Å². The summed E-state index contributed by atoms with van der Waals surface area (Å²) in [5.74, 6) is 2.50. The van der Waals surface area contributed by atoms with Crippen LogP contribution in [0.25, 0.3) is 90.8 Å². The third-order valence-corrected chi connectivity index (χ3v) is 11.1. The van der Waals surface area contributed by atoms with Crippen molar-refractivity contribution < 1.29 is 4.42 Å². The van der Waals surface area contributed by atoms with Gasteiger partial charge in [-0.1, -0.05) is 159 Å². The van der Waals surface area contributed by atoms with Crippen molar-refractivity contribution in [3.8, 4) is 45.3 Å². The van der Waals surface area contributed by atoms with Crippen LogP contribution < -0.4 is 0 Å². The van der Waals surface area contributed by atoms with Crippen LogP contribution in [0.1, 0.15) is 46.4 Å². The Bertz CT molecular complexity index is 2880. The molecule has 0 saturated heterocycles. The Labute approximate surface area is 320 Å². The zero-order valence-corrected chi connectivity index (χ0v) is 30.4. The molecule has 10 rings (SSSR count). The summed E-state index contributed by atoms with van der Waals surface area (Å²) in [5, 5.41) is 3.51. The van der Waals surface area contributed by atoms with Gasteiger partial charge in [0.15, 0.2) is 17.5 Å². The SMILES string of the molecule is C=Cc1c(C(=C)C2=Cc3c(c4c(c5ccccc35)C=CCC4)CC2)oc2cccc(-c3nc(-c4ccccc4)nc(-c4ccc(-c5ccccc5)cc4)n3)c12. The van der Waals surface area contributed by atoms with Gasteiger partial charge in [0.2, 0.25) is 0 Å². The fourth-order valence-corrected chi connectivity index (χ4v) is 8.41. The maximum absolute atomic E-state index is 6.73. The quantitative estimate of drug-likeness (QED) is 0.165. The van der Waals surface area contributed by atoms with Gasteiger partial charge in [0.25, 0.3) is 0 Å². The van der Waals surface area contributed by atoms with Gasteiger partial charge in [0.05, 0.1) is 0 Å². The first-order chi connectivity index (χ1) is 27.1. The topological polar surface area (TPSA) is 51.8 Å². The summed E-state index contributed by atoms with van der Waals surface area (Å²) in [6, 6.07) is 43.7. The summed E-state index contributed by atoms with van der Waals surface area (Å²) in [7, 11) is 0. The first-order valence-electron chi connectivity index (χ1n) is 18.9. The molecule has 0 atom stereocenters. The smallest absolute Gasteiger partial charge is 0.164 e. The number of hydrogen-bond acceptors (Lipinski definition) is 4. The predicted molar refractivity (Wildman–Crippen MR) is 228 cm³/mol. The molecule has 0 fully saturated rings. The van der Waals surface area contributed by atoms with Gasteiger partial charge >= 0.3 is 0 Å². The standard InChI is InChI=1S/C51H37N3O/c1-3-38-47-44(51-53-49(35-17-8-5-9-18-35)52-50(54-51)36-27-25-34(26-28-36)33-15-6-4-7-16-33)23-14-24-46(47)55-48(38)32(2)37-29-30-43-41-21-11-10-19-39(41)40-20-12-13-22-42(40)45(43)31-37/h3-10,12-20,22-28,31H,1-2,11,21,29-30H2. The Morgan fingerprint density at radius 1 is 0.582 bits per heavy atom. The molecule has 2 aromatic heterocycles. The summed E-state index contributed by atoms with van der Waals surface area (Å²) in [4.78, 5) is 15.2. The lowest BCUT2D eigenvalue weighted by atomic mass is 9.78. The minimum Gasteiger partial charge on any atom is -0.455 e. The first-order valence-corrected chi connectivity index (χ1v) is 18.9. The lowest BCUT2D eigenvalue weighted by Gasteiger charge is -2.26. The van der Waals surface area contributed by atoms with E-state index < -0.39 is 0 Å². The molecule has 2 aliphatic carbocycles. The minimum atomic E-state index is 0.568. The molecule has 0 radical (unpaired) electrons. The van der Waals surface area contributed by atoms with E-state index in [0.717, 1.165) is 81.4 Å². The molecular formula is C51H37N3O. The molecule has 4 heteroatoms. The van der Waals surface area contributed by atoms with Gasteiger partial charge in [0, 0.05) is 33.2 Å². The first kappa shape index (κ1) is 32.7. The second kappa shape index (κ2) is 13.5. The van der Waals surface area contributed by atoms with Gasteiger partial charge < -0.3 is 4.42 Å². The highest BCUT2D eigenvalue weighted by atomic mass is 16.3. The molecule has 8 aromatic rings. The van der Waals surface area contributed by atoms with Crippen LogP contribution in [0, 0.1) is 0 Å². The van der Waals surface area contributed by atoms with Gasteiger partial charge in [-0.2, -0.15) is 0 Å². The minimum absolute atomic E-state index is 0.568. The molecule has 0 bridgehead atoms. The summed E-state index contributed by atoms with van der Waals surface area (Å²) in [5.41, 5.74) is 14.3. The largest absolute Gasteiger partial charge is 0.455 e. The Morgan fingerprint density at radius 3 is 1.91 bits per heavy atom. The van der Waals surface area contributed by atoms with Crippen molar-refractivity contribution in [2.24, 2.45) is 0 Å². The predicted octanol–water partition coefficient (Wildman–Crippen LogP) is 13.1. The van der Waals surface area contributed by atoms with Crippen molar-refractivity contribution in [2.45, 2.75) is 25.7 Å². The molecule has 262 valence electrons. The lowest BCUT2D eigenvalue weighted by Crippen LogP contribution is -2.09. The number of rotatable bonds is 7. The van der Waals surface area contributed by atoms with E-state index in [1.807, 2.05) is 54.6 Å². The van der Waals surface area contributed by atoms with Crippen LogP contribution in [-0.2, 0) is 12.8 Å². The highest BCUT2D eigenvalue weighted by Gasteiger charge is 2.26. The highest BCUT2D eigenvalue weighted by Crippen LogP contribution is 2.44. The number of benzene rings is 6. The van der Waals surface area contributed by atoms with Gasteiger partial charge in [-0.25, -0.2) is 15.0 Å². The van der Waals surface area contributed by atoms with E-state index in [1.54, 1.807) is 0 Å². The van der Waals surface area contributed by atoms with Crippen LogP contribution in [0.4, 0.5) is 0 Å².